The normalized spacial score (nSPS) is 11.6. The minimum atomic E-state index is -3.64. The van der Waals surface area contributed by atoms with Crippen molar-refractivity contribution < 1.29 is 12.9 Å². The van der Waals surface area contributed by atoms with Crippen LogP contribution in [-0.2, 0) is 16.6 Å². The fourth-order valence-electron chi connectivity index (χ4n) is 2.57. The van der Waals surface area contributed by atoms with Crippen LogP contribution in [0.2, 0.25) is 0 Å². The highest BCUT2D eigenvalue weighted by Gasteiger charge is 2.19. The first-order valence-electron chi connectivity index (χ1n) is 7.96. The molecular weight excluding hydrogens is 336 g/mol. The van der Waals surface area contributed by atoms with Gasteiger partial charge >= 0.3 is 0 Å². The van der Waals surface area contributed by atoms with E-state index in [1.807, 2.05) is 50.2 Å². The summed E-state index contributed by atoms with van der Waals surface area (Å²) in [6.07, 6.45) is 0. The van der Waals surface area contributed by atoms with Crippen molar-refractivity contribution in [1.29, 1.82) is 0 Å². The zero-order valence-electron chi connectivity index (χ0n) is 14.4. The first-order chi connectivity index (χ1) is 11.9. The molecule has 3 aromatic rings. The second-order valence-corrected chi connectivity index (χ2v) is 7.75. The summed E-state index contributed by atoms with van der Waals surface area (Å²) >= 11 is 0. The molecule has 130 valence electrons. The SMILES string of the molecule is Cc1ccc(-c2onc(C)c2C)cc1S(=O)(=O)NCc1ccccc1. The van der Waals surface area contributed by atoms with Crippen LogP contribution in [0.25, 0.3) is 11.3 Å². The fraction of sp³-hybridized carbons (Fsp3) is 0.211. The summed E-state index contributed by atoms with van der Waals surface area (Å²) in [5.74, 6) is 0.594. The maximum atomic E-state index is 12.7. The Kier molecular flexibility index (Phi) is 4.74. The molecule has 0 aliphatic rings. The van der Waals surface area contributed by atoms with Gasteiger partial charge in [0, 0.05) is 17.7 Å². The molecular formula is C19H20N2O3S. The van der Waals surface area contributed by atoms with Crippen LogP contribution in [0.5, 0.6) is 0 Å². The molecule has 25 heavy (non-hydrogen) atoms. The van der Waals surface area contributed by atoms with Crippen LogP contribution in [-0.4, -0.2) is 13.6 Å². The molecule has 2 aromatic carbocycles. The first-order valence-corrected chi connectivity index (χ1v) is 9.44. The smallest absolute Gasteiger partial charge is 0.241 e. The molecule has 0 aliphatic heterocycles. The molecule has 0 aliphatic carbocycles. The molecule has 3 rings (SSSR count). The van der Waals surface area contributed by atoms with Crippen LogP contribution >= 0.6 is 0 Å². The molecule has 6 heteroatoms. The van der Waals surface area contributed by atoms with Crippen molar-refractivity contribution in [3.8, 4) is 11.3 Å². The highest BCUT2D eigenvalue weighted by atomic mass is 32.2. The quantitative estimate of drug-likeness (QED) is 0.756. The van der Waals surface area contributed by atoms with E-state index in [1.54, 1.807) is 19.1 Å². The van der Waals surface area contributed by atoms with Crippen molar-refractivity contribution in [1.82, 2.24) is 9.88 Å². The third-order valence-corrected chi connectivity index (χ3v) is 5.75. The van der Waals surface area contributed by atoms with Crippen molar-refractivity contribution in [2.24, 2.45) is 0 Å². The Bertz CT molecular complexity index is 993. The lowest BCUT2D eigenvalue weighted by molar-refractivity contribution is 0.426. The summed E-state index contributed by atoms with van der Waals surface area (Å²) in [7, 11) is -3.64. The molecule has 1 aromatic heterocycles. The molecule has 0 saturated heterocycles. The molecule has 0 fully saturated rings. The predicted molar refractivity (Wildman–Crippen MR) is 96.6 cm³/mol. The fourth-order valence-corrected chi connectivity index (χ4v) is 3.85. The Labute approximate surface area is 147 Å². The lowest BCUT2D eigenvalue weighted by Crippen LogP contribution is -2.24. The number of nitrogens with one attached hydrogen (secondary N) is 1. The number of aryl methyl sites for hydroxylation is 2. The maximum absolute atomic E-state index is 12.7. The zero-order chi connectivity index (χ0) is 18.0. The van der Waals surface area contributed by atoms with Crippen molar-refractivity contribution in [2.45, 2.75) is 32.2 Å². The van der Waals surface area contributed by atoms with E-state index in [1.165, 1.54) is 0 Å². The van der Waals surface area contributed by atoms with Crippen LogP contribution < -0.4 is 4.72 Å². The van der Waals surface area contributed by atoms with Gasteiger partial charge in [-0.2, -0.15) is 0 Å². The van der Waals surface area contributed by atoms with Gasteiger partial charge in [0.05, 0.1) is 10.6 Å². The lowest BCUT2D eigenvalue weighted by Gasteiger charge is -2.11. The Morgan fingerprint density at radius 2 is 1.76 bits per heavy atom. The molecule has 0 amide bonds. The number of aromatic nitrogens is 1. The van der Waals surface area contributed by atoms with E-state index < -0.39 is 10.0 Å². The van der Waals surface area contributed by atoms with E-state index in [0.717, 1.165) is 16.8 Å². The molecule has 0 atom stereocenters. The average molecular weight is 356 g/mol. The molecule has 1 heterocycles. The van der Waals surface area contributed by atoms with E-state index >= 15 is 0 Å². The highest BCUT2D eigenvalue weighted by molar-refractivity contribution is 7.89. The van der Waals surface area contributed by atoms with Crippen LogP contribution in [0, 0.1) is 20.8 Å². The molecule has 0 unspecified atom stereocenters. The number of sulfonamides is 1. The zero-order valence-corrected chi connectivity index (χ0v) is 15.2. The summed E-state index contributed by atoms with van der Waals surface area (Å²) in [4.78, 5) is 0.245. The van der Waals surface area contributed by atoms with Gasteiger partial charge in [-0.25, -0.2) is 13.1 Å². The van der Waals surface area contributed by atoms with Gasteiger partial charge in [0.1, 0.15) is 0 Å². The van der Waals surface area contributed by atoms with Crippen LogP contribution in [0.1, 0.15) is 22.4 Å². The van der Waals surface area contributed by atoms with Gasteiger partial charge in [-0.1, -0.05) is 47.6 Å². The molecule has 0 saturated carbocycles. The highest BCUT2D eigenvalue weighted by Crippen LogP contribution is 2.28. The van der Waals surface area contributed by atoms with Crippen LogP contribution in [0.15, 0.2) is 57.9 Å². The molecule has 0 spiro atoms. The van der Waals surface area contributed by atoms with Gasteiger partial charge in [-0.3, -0.25) is 0 Å². The van der Waals surface area contributed by atoms with Crippen molar-refractivity contribution in [3.63, 3.8) is 0 Å². The minimum Gasteiger partial charge on any atom is -0.356 e. The Morgan fingerprint density at radius 1 is 1.04 bits per heavy atom. The minimum absolute atomic E-state index is 0.243. The molecule has 5 nitrogen and oxygen atoms in total. The lowest BCUT2D eigenvalue weighted by atomic mass is 10.1. The molecule has 1 N–H and O–H groups in total. The second-order valence-electron chi connectivity index (χ2n) is 6.01. The molecule has 0 bridgehead atoms. The van der Waals surface area contributed by atoms with Crippen LogP contribution in [0.4, 0.5) is 0 Å². The predicted octanol–water partition coefficient (Wildman–Crippen LogP) is 3.75. The van der Waals surface area contributed by atoms with E-state index in [0.29, 0.717) is 16.9 Å². The van der Waals surface area contributed by atoms with Crippen molar-refractivity contribution in [2.75, 3.05) is 0 Å². The van der Waals surface area contributed by atoms with E-state index in [2.05, 4.69) is 9.88 Å². The van der Waals surface area contributed by atoms with Crippen molar-refractivity contribution in [3.05, 3.63) is 70.9 Å². The third kappa shape index (κ3) is 3.65. The summed E-state index contributed by atoms with van der Waals surface area (Å²) in [5, 5.41) is 3.94. The van der Waals surface area contributed by atoms with E-state index in [-0.39, 0.29) is 11.4 Å². The topological polar surface area (TPSA) is 72.2 Å². The third-order valence-electron chi connectivity index (χ3n) is 4.21. The van der Waals surface area contributed by atoms with Gasteiger partial charge in [-0.15, -0.1) is 0 Å². The Morgan fingerprint density at radius 3 is 2.40 bits per heavy atom. The summed E-state index contributed by atoms with van der Waals surface area (Å²) in [6, 6.07) is 14.7. The standard InChI is InChI=1S/C19H20N2O3S/c1-13-9-10-17(19-14(2)15(3)21-24-19)11-18(13)25(22,23)20-12-16-7-5-4-6-8-16/h4-11,20H,12H2,1-3H3. The number of hydrogen-bond acceptors (Lipinski definition) is 4. The monoisotopic (exact) mass is 356 g/mol. The number of benzene rings is 2. The van der Waals surface area contributed by atoms with Gasteiger partial charge in [0.15, 0.2) is 5.76 Å². The first kappa shape index (κ1) is 17.4. The van der Waals surface area contributed by atoms with Gasteiger partial charge in [-0.05, 0) is 38.0 Å². The van der Waals surface area contributed by atoms with Crippen molar-refractivity contribution >= 4 is 10.0 Å². The summed E-state index contributed by atoms with van der Waals surface area (Å²) in [5.41, 5.74) is 3.98. The van der Waals surface area contributed by atoms with Gasteiger partial charge in [0.2, 0.25) is 10.0 Å². The van der Waals surface area contributed by atoms with Gasteiger partial charge < -0.3 is 4.52 Å². The average Bonchev–Trinajstić information content (AvgIpc) is 2.94. The number of nitrogens with zero attached hydrogens (tertiary/aromatic N) is 1. The van der Waals surface area contributed by atoms with E-state index in [9.17, 15) is 8.42 Å². The van der Waals surface area contributed by atoms with Crippen LogP contribution in [0.3, 0.4) is 0 Å². The van der Waals surface area contributed by atoms with Gasteiger partial charge in [0.25, 0.3) is 0 Å². The largest absolute Gasteiger partial charge is 0.356 e. The summed E-state index contributed by atoms with van der Waals surface area (Å²) in [6.45, 7) is 5.78. The Hall–Kier alpha value is -2.44. The molecule has 0 radical (unpaired) electrons. The number of hydrogen-bond donors (Lipinski definition) is 1. The number of rotatable bonds is 5. The second kappa shape index (κ2) is 6.82. The summed E-state index contributed by atoms with van der Waals surface area (Å²) < 4.78 is 33.5. The maximum Gasteiger partial charge on any atom is 0.241 e. The van der Waals surface area contributed by atoms with E-state index in [4.69, 9.17) is 4.52 Å². The Balaban J connectivity index is 1.93.